The smallest absolute Gasteiger partial charge is 0.408 e. The summed E-state index contributed by atoms with van der Waals surface area (Å²) in [5.41, 5.74) is 3.78. The minimum absolute atomic E-state index is 0.0832. The molecule has 4 heterocycles. The van der Waals surface area contributed by atoms with Crippen molar-refractivity contribution in [2.75, 3.05) is 13.1 Å². The second kappa shape index (κ2) is 9.39. The lowest BCUT2D eigenvalue weighted by Crippen LogP contribution is -2.57. The largest absolute Gasteiger partial charge is 0.465 e. The number of likely N-dealkylation sites (tertiary alicyclic amines) is 1. The average Bonchev–Trinajstić information content (AvgIpc) is 3.56. The summed E-state index contributed by atoms with van der Waals surface area (Å²) in [4.78, 5) is 38.6. The molecule has 2 fully saturated rings. The van der Waals surface area contributed by atoms with Gasteiger partial charge in [-0.3, -0.25) is 9.69 Å². The zero-order valence-corrected chi connectivity index (χ0v) is 23.1. The molecule has 1 aliphatic heterocycles. The number of benzene rings is 1. The van der Waals surface area contributed by atoms with Crippen LogP contribution >= 0.6 is 0 Å². The molecule has 3 aromatic heterocycles. The lowest BCUT2D eigenvalue weighted by Gasteiger charge is -2.44. The zero-order chi connectivity index (χ0) is 27.5. The van der Waals surface area contributed by atoms with E-state index in [0.29, 0.717) is 24.6 Å². The number of aryl methyl sites for hydroxylation is 1. The van der Waals surface area contributed by atoms with Gasteiger partial charge in [-0.15, -0.1) is 0 Å². The molecule has 0 unspecified atom stereocenters. The molecule has 9 nitrogen and oxygen atoms in total. The van der Waals surface area contributed by atoms with E-state index in [1.165, 1.54) is 17.7 Å². The summed E-state index contributed by atoms with van der Waals surface area (Å²) in [6, 6.07) is 11.7. The Morgan fingerprint density at radius 2 is 1.92 bits per heavy atom. The molecule has 39 heavy (non-hydrogen) atoms. The molecule has 1 aromatic carbocycles. The van der Waals surface area contributed by atoms with Gasteiger partial charge in [-0.25, -0.2) is 14.8 Å². The molecule has 0 spiro atoms. The molecular weight excluding hydrogens is 492 g/mol. The van der Waals surface area contributed by atoms with E-state index < -0.39 is 11.6 Å². The predicted octanol–water partition coefficient (Wildman–Crippen LogP) is 5.38. The fraction of sp³-hybridized carbons (Fsp3) is 0.467. The Morgan fingerprint density at radius 1 is 1.13 bits per heavy atom. The van der Waals surface area contributed by atoms with Crippen LogP contribution in [0, 0.1) is 5.92 Å². The maximum atomic E-state index is 13.6. The first kappa shape index (κ1) is 25.4. The minimum atomic E-state index is -0.946. The van der Waals surface area contributed by atoms with Crippen LogP contribution < -0.4 is 0 Å². The van der Waals surface area contributed by atoms with E-state index in [0.717, 1.165) is 53.0 Å². The summed E-state index contributed by atoms with van der Waals surface area (Å²) in [6.45, 7) is 7.63. The second-order valence-corrected chi connectivity index (χ2v) is 12.1. The van der Waals surface area contributed by atoms with Crippen molar-refractivity contribution in [2.45, 2.75) is 64.6 Å². The Morgan fingerprint density at radius 3 is 2.64 bits per heavy atom. The number of rotatable bonds is 5. The van der Waals surface area contributed by atoms with Crippen LogP contribution in [0.2, 0.25) is 0 Å². The van der Waals surface area contributed by atoms with Crippen LogP contribution in [0.25, 0.3) is 33.6 Å². The van der Waals surface area contributed by atoms with E-state index in [2.05, 4.69) is 26.3 Å². The summed E-state index contributed by atoms with van der Waals surface area (Å²) >= 11 is 0. The molecule has 1 saturated carbocycles. The van der Waals surface area contributed by atoms with Crippen molar-refractivity contribution in [3.8, 4) is 11.5 Å². The Kier molecular flexibility index (Phi) is 6.12. The highest BCUT2D eigenvalue weighted by molar-refractivity contribution is 5.98. The van der Waals surface area contributed by atoms with Crippen LogP contribution in [0.1, 0.15) is 56.8 Å². The number of nitrogens with zero attached hydrogens (tertiary/aromatic N) is 6. The number of aromatic nitrogens is 4. The molecule has 0 bridgehead atoms. The van der Waals surface area contributed by atoms with Crippen LogP contribution in [0.5, 0.6) is 0 Å². The van der Waals surface area contributed by atoms with Crippen molar-refractivity contribution >= 4 is 34.1 Å². The van der Waals surface area contributed by atoms with Crippen molar-refractivity contribution in [3.05, 3.63) is 48.2 Å². The van der Waals surface area contributed by atoms with Gasteiger partial charge in [0, 0.05) is 49.4 Å². The van der Waals surface area contributed by atoms with Gasteiger partial charge in [0.1, 0.15) is 5.65 Å². The number of pyridine rings is 1. The van der Waals surface area contributed by atoms with Gasteiger partial charge in [0.15, 0.2) is 5.82 Å². The SMILES string of the molecule is Cn1c(-c2cc3cccnc3n2CC2CC2)nc2cc(C(=O)N3CCC[C@@H](N(C(=O)O)C(C)(C)C)C3)ccc21. The number of piperidine rings is 1. The number of hydrogen-bond acceptors (Lipinski definition) is 4. The molecule has 2 aliphatic rings. The number of carbonyl (C=O) groups is 2. The summed E-state index contributed by atoms with van der Waals surface area (Å²) in [5.74, 6) is 1.46. The minimum Gasteiger partial charge on any atom is -0.465 e. The summed E-state index contributed by atoms with van der Waals surface area (Å²) < 4.78 is 4.38. The molecule has 0 radical (unpaired) electrons. The van der Waals surface area contributed by atoms with E-state index in [9.17, 15) is 14.7 Å². The molecule has 4 aromatic rings. The second-order valence-electron chi connectivity index (χ2n) is 12.1. The highest BCUT2D eigenvalue weighted by Crippen LogP contribution is 2.36. The van der Waals surface area contributed by atoms with Gasteiger partial charge in [0.05, 0.1) is 22.8 Å². The van der Waals surface area contributed by atoms with Gasteiger partial charge >= 0.3 is 6.09 Å². The van der Waals surface area contributed by atoms with E-state index >= 15 is 0 Å². The van der Waals surface area contributed by atoms with Crippen LogP contribution in [0.4, 0.5) is 4.79 Å². The predicted molar refractivity (Wildman–Crippen MR) is 151 cm³/mol. The Hall–Kier alpha value is -3.88. The number of hydrogen-bond donors (Lipinski definition) is 1. The van der Waals surface area contributed by atoms with Crippen molar-refractivity contribution in [1.82, 2.24) is 28.9 Å². The average molecular weight is 529 g/mol. The fourth-order valence-electron chi connectivity index (χ4n) is 6.10. The molecule has 2 amide bonds. The van der Waals surface area contributed by atoms with Crippen molar-refractivity contribution in [3.63, 3.8) is 0 Å². The third-order valence-electron chi connectivity index (χ3n) is 8.13. The molecule has 1 atom stereocenters. The molecule has 1 N–H and O–H groups in total. The van der Waals surface area contributed by atoms with Gasteiger partial charge in [-0.05, 0) is 88.8 Å². The Labute approximate surface area is 228 Å². The fourth-order valence-corrected chi connectivity index (χ4v) is 6.10. The molecular formula is C30H36N6O3. The summed E-state index contributed by atoms with van der Waals surface area (Å²) in [7, 11) is 2.01. The standard InChI is InChI=1S/C30H36N6O3/c1-30(2,3)36(29(38)39)22-8-6-14-34(18-22)28(37)21-11-12-24-23(15-21)32-27(33(24)4)25-16-20-7-5-13-31-26(20)35(25)17-19-9-10-19/h5,7,11-13,15-16,19,22H,6,8-10,14,17-18H2,1-4H3,(H,38,39)/t22-/m1/s1. The topological polar surface area (TPSA) is 96.5 Å². The van der Waals surface area contributed by atoms with Crippen molar-refractivity contribution < 1.29 is 14.7 Å². The molecule has 9 heteroatoms. The van der Waals surface area contributed by atoms with Gasteiger partial charge in [-0.2, -0.15) is 0 Å². The lowest BCUT2D eigenvalue weighted by molar-refractivity contribution is 0.0315. The first-order valence-corrected chi connectivity index (χ1v) is 13.8. The summed E-state index contributed by atoms with van der Waals surface area (Å²) in [6.07, 6.45) is 4.91. The highest BCUT2D eigenvalue weighted by Gasteiger charge is 2.37. The van der Waals surface area contributed by atoms with E-state index in [-0.39, 0.29) is 11.9 Å². The number of fused-ring (bicyclic) bond motifs is 2. The van der Waals surface area contributed by atoms with Crippen LogP contribution in [-0.4, -0.2) is 70.7 Å². The number of carboxylic acid groups (broad SMARTS) is 1. The normalized spacial score (nSPS) is 18.2. The number of imidazole rings is 1. The van der Waals surface area contributed by atoms with E-state index in [4.69, 9.17) is 4.98 Å². The van der Waals surface area contributed by atoms with Crippen molar-refractivity contribution in [1.29, 1.82) is 0 Å². The number of carbonyl (C=O) groups excluding carboxylic acids is 1. The van der Waals surface area contributed by atoms with Crippen LogP contribution in [-0.2, 0) is 13.6 Å². The zero-order valence-electron chi connectivity index (χ0n) is 23.1. The first-order chi connectivity index (χ1) is 18.6. The highest BCUT2D eigenvalue weighted by atomic mass is 16.4. The Balaban J connectivity index is 1.32. The van der Waals surface area contributed by atoms with Gasteiger partial charge in [-0.1, -0.05) is 0 Å². The van der Waals surface area contributed by atoms with Gasteiger partial charge in [0.25, 0.3) is 5.91 Å². The molecule has 6 rings (SSSR count). The van der Waals surface area contributed by atoms with Gasteiger partial charge in [0.2, 0.25) is 0 Å². The lowest BCUT2D eigenvalue weighted by atomic mass is 9.97. The quantitative estimate of drug-likeness (QED) is 0.375. The van der Waals surface area contributed by atoms with E-state index in [1.54, 1.807) is 4.90 Å². The molecule has 204 valence electrons. The molecule has 1 saturated heterocycles. The monoisotopic (exact) mass is 528 g/mol. The number of amides is 2. The Bertz CT molecular complexity index is 1570. The third kappa shape index (κ3) is 4.64. The van der Waals surface area contributed by atoms with Crippen molar-refractivity contribution in [2.24, 2.45) is 13.0 Å². The maximum Gasteiger partial charge on any atom is 0.408 e. The summed E-state index contributed by atoms with van der Waals surface area (Å²) in [5, 5.41) is 11.0. The van der Waals surface area contributed by atoms with E-state index in [1.807, 2.05) is 58.3 Å². The third-order valence-corrected chi connectivity index (χ3v) is 8.13. The van der Waals surface area contributed by atoms with Crippen LogP contribution in [0.3, 0.4) is 0 Å². The maximum absolute atomic E-state index is 13.6. The van der Waals surface area contributed by atoms with Gasteiger partial charge < -0.3 is 19.1 Å². The molecule has 1 aliphatic carbocycles. The first-order valence-electron chi connectivity index (χ1n) is 13.8. The van der Waals surface area contributed by atoms with Crippen LogP contribution in [0.15, 0.2) is 42.6 Å².